The van der Waals surface area contributed by atoms with Crippen LogP contribution in [0.5, 0.6) is 0 Å². The largest absolute Gasteiger partial charge is 0.304 e. The molecule has 1 aromatic carbocycles. The zero-order valence-electron chi connectivity index (χ0n) is 7.43. The van der Waals surface area contributed by atoms with Crippen molar-refractivity contribution in [2.45, 2.75) is 25.4 Å². The van der Waals surface area contributed by atoms with Gasteiger partial charge in [0.05, 0.1) is 6.04 Å². The van der Waals surface area contributed by atoms with E-state index < -0.39 is 12.5 Å². The molecule has 4 heteroatoms. The fourth-order valence-corrected chi connectivity index (χ4v) is 1.97. The lowest BCUT2D eigenvalue weighted by atomic mass is 9.96. The predicted molar refractivity (Wildman–Crippen MR) is 51.8 cm³/mol. The summed E-state index contributed by atoms with van der Waals surface area (Å²) < 4.78 is 24.8. The van der Waals surface area contributed by atoms with Gasteiger partial charge in [-0.3, -0.25) is 0 Å². The molecule has 0 saturated heterocycles. The van der Waals surface area contributed by atoms with E-state index in [4.69, 9.17) is 11.6 Å². The number of fused-ring (bicyclic) bond motifs is 1. The Morgan fingerprint density at radius 3 is 2.93 bits per heavy atom. The number of benzene rings is 1. The van der Waals surface area contributed by atoms with E-state index >= 15 is 0 Å². The number of halogens is 3. The van der Waals surface area contributed by atoms with E-state index in [-0.39, 0.29) is 0 Å². The van der Waals surface area contributed by atoms with Crippen LogP contribution in [-0.2, 0) is 13.0 Å². The summed E-state index contributed by atoms with van der Waals surface area (Å²) in [6.07, 6.45) is -1.96. The Bertz CT molecular complexity index is 341. The molecule has 1 nitrogen and oxygen atoms in total. The molecule has 14 heavy (non-hydrogen) atoms. The highest BCUT2D eigenvalue weighted by atomic mass is 35.5. The molecule has 1 aliphatic rings. The van der Waals surface area contributed by atoms with E-state index in [1.165, 1.54) is 0 Å². The lowest BCUT2D eigenvalue weighted by Crippen LogP contribution is -2.40. The maximum Gasteiger partial charge on any atom is 0.254 e. The van der Waals surface area contributed by atoms with Gasteiger partial charge in [-0.15, -0.1) is 0 Å². The van der Waals surface area contributed by atoms with Crippen molar-refractivity contribution in [1.82, 2.24) is 5.32 Å². The number of nitrogens with one attached hydrogen (secondary N) is 1. The molecule has 1 aliphatic heterocycles. The number of hydrogen-bond donors (Lipinski definition) is 1. The maximum absolute atomic E-state index is 12.4. The van der Waals surface area contributed by atoms with E-state index in [1.807, 2.05) is 6.07 Å². The summed E-state index contributed by atoms with van der Waals surface area (Å²) in [5, 5.41) is 3.44. The highest BCUT2D eigenvalue weighted by Crippen LogP contribution is 2.25. The fraction of sp³-hybridized carbons (Fsp3) is 0.400. The van der Waals surface area contributed by atoms with Gasteiger partial charge in [0.25, 0.3) is 6.43 Å². The molecular formula is C10H10ClF2N. The normalized spacial score (nSPS) is 21.0. The van der Waals surface area contributed by atoms with E-state index in [1.54, 1.807) is 12.1 Å². The maximum atomic E-state index is 12.4. The molecule has 1 aromatic rings. The van der Waals surface area contributed by atoms with Crippen molar-refractivity contribution in [1.29, 1.82) is 0 Å². The molecule has 0 spiro atoms. The highest BCUT2D eigenvalue weighted by molar-refractivity contribution is 6.31. The van der Waals surface area contributed by atoms with Gasteiger partial charge in [-0.05, 0) is 23.6 Å². The molecule has 76 valence electrons. The molecule has 1 N–H and O–H groups in total. The Balaban J connectivity index is 2.27. The minimum Gasteiger partial charge on any atom is -0.304 e. The molecule has 0 aromatic heterocycles. The second-order valence-electron chi connectivity index (χ2n) is 3.40. The van der Waals surface area contributed by atoms with Crippen LogP contribution in [0.4, 0.5) is 8.78 Å². The molecule has 2 rings (SSSR count). The Kier molecular flexibility index (Phi) is 2.70. The first-order chi connectivity index (χ1) is 6.68. The number of hydrogen-bond acceptors (Lipinski definition) is 1. The lowest BCUT2D eigenvalue weighted by Gasteiger charge is -2.26. The van der Waals surface area contributed by atoms with Crippen LogP contribution in [0.25, 0.3) is 0 Å². The fourth-order valence-electron chi connectivity index (χ4n) is 1.71. The van der Waals surface area contributed by atoms with Crippen LogP contribution in [0, 0.1) is 0 Å². The van der Waals surface area contributed by atoms with E-state index in [2.05, 4.69) is 5.32 Å². The van der Waals surface area contributed by atoms with Crippen molar-refractivity contribution >= 4 is 11.6 Å². The average Bonchev–Trinajstić information content (AvgIpc) is 2.17. The van der Waals surface area contributed by atoms with Gasteiger partial charge in [0.2, 0.25) is 0 Å². The molecule has 0 aliphatic carbocycles. The summed E-state index contributed by atoms with van der Waals surface area (Å²) in [6, 6.07) is 4.71. The zero-order valence-corrected chi connectivity index (χ0v) is 8.19. The van der Waals surface area contributed by atoms with Crippen molar-refractivity contribution in [3.05, 3.63) is 34.3 Å². The van der Waals surface area contributed by atoms with Crippen molar-refractivity contribution in [2.75, 3.05) is 0 Å². The molecule has 0 saturated carbocycles. The monoisotopic (exact) mass is 217 g/mol. The van der Waals surface area contributed by atoms with Crippen LogP contribution in [-0.4, -0.2) is 12.5 Å². The summed E-state index contributed by atoms with van der Waals surface area (Å²) in [5.41, 5.74) is 1.88. The number of alkyl halides is 2. The summed E-state index contributed by atoms with van der Waals surface area (Å²) in [4.78, 5) is 0. The van der Waals surface area contributed by atoms with Crippen LogP contribution >= 0.6 is 11.6 Å². The zero-order chi connectivity index (χ0) is 10.1. The Hall–Kier alpha value is -0.670. The van der Waals surface area contributed by atoms with Gasteiger partial charge < -0.3 is 5.32 Å². The summed E-state index contributed by atoms with van der Waals surface area (Å²) in [6.45, 7) is 0.435. The second kappa shape index (κ2) is 3.83. The Morgan fingerprint density at radius 2 is 2.21 bits per heavy atom. The minimum absolute atomic E-state index is 0.355. The first-order valence-electron chi connectivity index (χ1n) is 4.46. The molecule has 0 amide bonds. The molecule has 0 radical (unpaired) electrons. The van der Waals surface area contributed by atoms with Gasteiger partial charge in [0.1, 0.15) is 0 Å². The third-order valence-electron chi connectivity index (χ3n) is 2.50. The van der Waals surface area contributed by atoms with Crippen molar-refractivity contribution in [3.8, 4) is 0 Å². The smallest absolute Gasteiger partial charge is 0.254 e. The van der Waals surface area contributed by atoms with Gasteiger partial charge in [-0.25, -0.2) is 8.78 Å². The highest BCUT2D eigenvalue weighted by Gasteiger charge is 2.25. The first kappa shape index (κ1) is 9.87. The van der Waals surface area contributed by atoms with Crippen molar-refractivity contribution in [3.63, 3.8) is 0 Å². The molecule has 1 atom stereocenters. The average molecular weight is 218 g/mol. The molecule has 1 unspecified atom stereocenters. The molecule has 0 bridgehead atoms. The summed E-state index contributed by atoms with van der Waals surface area (Å²) >= 11 is 5.94. The van der Waals surface area contributed by atoms with Crippen LogP contribution < -0.4 is 5.32 Å². The Labute approximate surface area is 86.1 Å². The van der Waals surface area contributed by atoms with E-state index in [9.17, 15) is 8.78 Å². The van der Waals surface area contributed by atoms with Gasteiger partial charge in [-0.1, -0.05) is 23.7 Å². The van der Waals surface area contributed by atoms with Gasteiger partial charge in [0, 0.05) is 11.6 Å². The van der Waals surface area contributed by atoms with Gasteiger partial charge in [-0.2, -0.15) is 0 Å². The topological polar surface area (TPSA) is 12.0 Å². The van der Waals surface area contributed by atoms with Crippen LogP contribution in [0.1, 0.15) is 11.1 Å². The summed E-state index contributed by atoms with van der Waals surface area (Å²) in [7, 11) is 0. The third-order valence-corrected chi connectivity index (χ3v) is 2.85. The molecule has 1 heterocycles. The lowest BCUT2D eigenvalue weighted by molar-refractivity contribution is 0.0942. The van der Waals surface area contributed by atoms with Crippen LogP contribution in [0.3, 0.4) is 0 Å². The standard InChI is InChI=1S/C10H10ClF2N/c11-8-3-1-2-6-4-9(10(12)13)14-5-7(6)8/h1-3,9-10,14H,4-5H2. The summed E-state index contributed by atoms with van der Waals surface area (Å²) in [5.74, 6) is 0. The van der Waals surface area contributed by atoms with E-state index in [0.717, 1.165) is 11.1 Å². The second-order valence-corrected chi connectivity index (χ2v) is 3.81. The SMILES string of the molecule is FC(F)C1Cc2cccc(Cl)c2CN1. The number of rotatable bonds is 1. The third kappa shape index (κ3) is 1.74. The van der Waals surface area contributed by atoms with E-state index in [0.29, 0.717) is 18.0 Å². The Morgan fingerprint density at radius 1 is 1.43 bits per heavy atom. The quantitative estimate of drug-likeness (QED) is 0.763. The van der Waals surface area contributed by atoms with Crippen molar-refractivity contribution < 1.29 is 8.78 Å². The van der Waals surface area contributed by atoms with Gasteiger partial charge in [0.15, 0.2) is 0 Å². The van der Waals surface area contributed by atoms with Crippen LogP contribution in [0.2, 0.25) is 5.02 Å². The molecule has 0 fully saturated rings. The molecular weight excluding hydrogens is 208 g/mol. The minimum atomic E-state index is -2.32. The predicted octanol–water partition coefficient (Wildman–Crippen LogP) is 2.62. The van der Waals surface area contributed by atoms with Gasteiger partial charge >= 0.3 is 0 Å². The first-order valence-corrected chi connectivity index (χ1v) is 4.84. The van der Waals surface area contributed by atoms with Crippen LogP contribution in [0.15, 0.2) is 18.2 Å². The van der Waals surface area contributed by atoms with Crippen molar-refractivity contribution in [2.24, 2.45) is 0 Å².